The number of carbonyl (C=O) groups excluding carboxylic acids is 2. The van der Waals surface area contributed by atoms with Crippen LogP contribution in [0.1, 0.15) is 34.1 Å². The van der Waals surface area contributed by atoms with E-state index in [-0.39, 0.29) is 18.3 Å². The molecule has 16 heavy (non-hydrogen) atoms. The molecule has 0 bridgehead atoms. The van der Waals surface area contributed by atoms with Crippen LogP contribution in [0.3, 0.4) is 0 Å². The van der Waals surface area contributed by atoms with E-state index in [1.807, 2.05) is 0 Å². The SMILES string of the molecule is CON(C)C(=O)[C@H](C)CC(=O)OC(C)(C)C. The fourth-order valence-electron chi connectivity index (χ4n) is 1.12. The maximum atomic E-state index is 11.6. The highest BCUT2D eigenvalue weighted by molar-refractivity contribution is 5.82. The van der Waals surface area contributed by atoms with Crippen molar-refractivity contribution in [2.24, 2.45) is 5.92 Å². The van der Waals surface area contributed by atoms with Gasteiger partial charge in [-0.05, 0) is 20.8 Å². The zero-order valence-electron chi connectivity index (χ0n) is 10.9. The van der Waals surface area contributed by atoms with Gasteiger partial charge >= 0.3 is 5.97 Å². The van der Waals surface area contributed by atoms with Crippen molar-refractivity contribution < 1.29 is 19.2 Å². The van der Waals surface area contributed by atoms with Gasteiger partial charge in [-0.1, -0.05) is 6.92 Å². The molecule has 94 valence electrons. The molecule has 0 fully saturated rings. The maximum absolute atomic E-state index is 11.6. The van der Waals surface area contributed by atoms with E-state index in [1.54, 1.807) is 27.7 Å². The molecule has 0 aliphatic heterocycles. The van der Waals surface area contributed by atoms with E-state index < -0.39 is 11.5 Å². The third-order valence-corrected chi connectivity index (χ3v) is 1.90. The summed E-state index contributed by atoms with van der Waals surface area (Å²) in [5.41, 5.74) is -0.521. The Balaban J connectivity index is 4.20. The summed E-state index contributed by atoms with van der Waals surface area (Å²) in [5, 5.41) is 1.11. The molecule has 0 N–H and O–H groups in total. The van der Waals surface area contributed by atoms with Gasteiger partial charge in [-0.15, -0.1) is 0 Å². The fourth-order valence-corrected chi connectivity index (χ4v) is 1.12. The first-order valence-electron chi connectivity index (χ1n) is 5.21. The molecule has 0 aromatic rings. The van der Waals surface area contributed by atoms with Crippen LogP contribution >= 0.6 is 0 Å². The predicted octanol–water partition coefficient (Wildman–Crippen LogP) is 1.37. The zero-order chi connectivity index (χ0) is 12.9. The number of ether oxygens (including phenoxy) is 1. The molecular formula is C11H21NO4. The van der Waals surface area contributed by atoms with Crippen molar-refractivity contribution in [1.29, 1.82) is 0 Å². The average molecular weight is 231 g/mol. The second-order valence-electron chi connectivity index (χ2n) is 4.71. The smallest absolute Gasteiger partial charge is 0.307 e. The molecule has 5 heteroatoms. The maximum Gasteiger partial charge on any atom is 0.307 e. The molecule has 0 saturated heterocycles. The minimum Gasteiger partial charge on any atom is -0.460 e. The van der Waals surface area contributed by atoms with Gasteiger partial charge in [0.15, 0.2) is 0 Å². The van der Waals surface area contributed by atoms with Crippen LogP contribution in [0.25, 0.3) is 0 Å². The van der Waals surface area contributed by atoms with Crippen molar-refractivity contribution in [3.63, 3.8) is 0 Å². The topological polar surface area (TPSA) is 55.8 Å². The Bertz CT molecular complexity index is 257. The summed E-state index contributed by atoms with van der Waals surface area (Å²) < 4.78 is 5.12. The Hall–Kier alpha value is -1.10. The minimum absolute atomic E-state index is 0.0593. The van der Waals surface area contributed by atoms with Crippen molar-refractivity contribution >= 4 is 11.9 Å². The largest absolute Gasteiger partial charge is 0.460 e. The first-order chi connectivity index (χ1) is 7.17. The van der Waals surface area contributed by atoms with Gasteiger partial charge in [-0.2, -0.15) is 0 Å². The molecule has 5 nitrogen and oxygen atoms in total. The first kappa shape index (κ1) is 14.9. The van der Waals surface area contributed by atoms with Gasteiger partial charge in [0.1, 0.15) is 5.60 Å². The van der Waals surface area contributed by atoms with Crippen LogP contribution in [-0.4, -0.2) is 36.7 Å². The third-order valence-electron chi connectivity index (χ3n) is 1.90. The second kappa shape index (κ2) is 5.84. The Morgan fingerprint density at radius 2 is 1.81 bits per heavy atom. The lowest BCUT2D eigenvalue weighted by atomic mass is 10.1. The van der Waals surface area contributed by atoms with E-state index in [0.29, 0.717) is 0 Å². The number of carbonyl (C=O) groups is 2. The summed E-state index contributed by atoms with van der Waals surface area (Å²) in [6.07, 6.45) is 0.0593. The van der Waals surface area contributed by atoms with E-state index >= 15 is 0 Å². The van der Waals surface area contributed by atoms with Gasteiger partial charge in [0.2, 0.25) is 5.91 Å². The average Bonchev–Trinajstić information content (AvgIpc) is 2.12. The van der Waals surface area contributed by atoms with Gasteiger partial charge in [0, 0.05) is 13.0 Å². The van der Waals surface area contributed by atoms with Crippen molar-refractivity contribution in [1.82, 2.24) is 5.06 Å². The lowest BCUT2D eigenvalue weighted by Crippen LogP contribution is -2.33. The molecule has 0 spiro atoms. The van der Waals surface area contributed by atoms with Gasteiger partial charge in [-0.25, -0.2) is 5.06 Å². The molecule has 0 unspecified atom stereocenters. The molecule has 0 radical (unpaired) electrons. The summed E-state index contributed by atoms with van der Waals surface area (Å²) in [6, 6.07) is 0. The van der Waals surface area contributed by atoms with Crippen molar-refractivity contribution in [3.8, 4) is 0 Å². The fraction of sp³-hybridized carbons (Fsp3) is 0.818. The Morgan fingerprint density at radius 1 is 1.31 bits per heavy atom. The normalized spacial score (nSPS) is 13.1. The standard InChI is InChI=1S/C11H21NO4/c1-8(10(14)12(5)15-6)7-9(13)16-11(2,3)4/h8H,7H2,1-6H3/t8-/m1/s1. The lowest BCUT2D eigenvalue weighted by molar-refractivity contribution is -0.176. The predicted molar refractivity (Wildman–Crippen MR) is 59.4 cm³/mol. The highest BCUT2D eigenvalue weighted by Gasteiger charge is 2.24. The molecule has 0 aliphatic rings. The summed E-state index contributed by atoms with van der Waals surface area (Å²) in [6.45, 7) is 7.04. The molecule has 0 aliphatic carbocycles. The van der Waals surface area contributed by atoms with Crippen LogP contribution in [0.4, 0.5) is 0 Å². The molecular weight excluding hydrogens is 210 g/mol. The number of rotatable bonds is 4. The van der Waals surface area contributed by atoms with Crippen LogP contribution in [0.2, 0.25) is 0 Å². The summed E-state index contributed by atoms with van der Waals surface area (Å²) in [5.74, 6) is -1.06. The molecule has 0 aromatic heterocycles. The van der Waals surface area contributed by atoms with Crippen LogP contribution in [0.5, 0.6) is 0 Å². The van der Waals surface area contributed by atoms with E-state index in [1.165, 1.54) is 14.2 Å². The van der Waals surface area contributed by atoms with Crippen molar-refractivity contribution in [2.75, 3.05) is 14.2 Å². The van der Waals surface area contributed by atoms with E-state index in [4.69, 9.17) is 9.57 Å². The molecule has 0 rings (SSSR count). The molecule has 0 aromatic carbocycles. The van der Waals surface area contributed by atoms with E-state index in [0.717, 1.165) is 5.06 Å². The number of hydroxylamine groups is 2. The highest BCUT2D eigenvalue weighted by atomic mass is 16.7. The van der Waals surface area contributed by atoms with Crippen LogP contribution in [0.15, 0.2) is 0 Å². The quantitative estimate of drug-likeness (QED) is 0.541. The van der Waals surface area contributed by atoms with E-state index in [2.05, 4.69) is 0 Å². The van der Waals surface area contributed by atoms with Crippen molar-refractivity contribution in [3.05, 3.63) is 0 Å². The number of amides is 1. The number of nitrogens with zero attached hydrogens (tertiary/aromatic N) is 1. The second-order valence-corrected chi connectivity index (χ2v) is 4.71. The first-order valence-corrected chi connectivity index (χ1v) is 5.21. The van der Waals surface area contributed by atoms with E-state index in [9.17, 15) is 9.59 Å². The van der Waals surface area contributed by atoms with Gasteiger partial charge in [-0.3, -0.25) is 14.4 Å². The monoisotopic (exact) mass is 231 g/mol. The lowest BCUT2D eigenvalue weighted by Gasteiger charge is -2.22. The molecule has 0 saturated carbocycles. The zero-order valence-corrected chi connectivity index (χ0v) is 10.9. The Kier molecular flexibility index (Phi) is 5.44. The Morgan fingerprint density at radius 3 is 2.19 bits per heavy atom. The van der Waals surface area contributed by atoms with Gasteiger partial charge < -0.3 is 4.74 Å². The molecule has 1 atom stereocenters. The summed E-state index contributed by atoms with van der Waals surface area (Å²) >= 11 is 0. The van der Waals surface area contributed by atoms with Crippen LogP contribution < -0.4 is 0 Å². The number of esters is 1. The van der Waals surface area contributed by atoms with Crippen LogP contribution in [-0.2, 0) is 19.2 Å². The molecule has 1 amide bonds. The Labute approximate surface area is 96.7 Å². The van der Waals surface area contributed by atoms with Gasteiger partial charge in [0.25, 0.3) is 0 Å². The third kappa shape index (κ3) is 5.70. The highest BCUT2D eigenvalue weighted by Crippen LogP contribution is 2.13. The van der Waals surface area contributed by atoms with Gasteiger partial charge in [0.05, 0.1) is 13.5 Å². The number of hydrogen-bond donors (Lipinski definition) is 0. The number of hydrogen-bond acceptors (Lipinski definition) is 4. The van der Waals surface area contributed by atoms with Crippen LogP contribution in [0, 0.1) is 5.92 Å². The summed E-state index contributed by atoms with van der Waals surface area (Å²) in [7, 11) is 2.91. The minimum atomic E-state index is -0.521. The summed E-state index contributed by atoms with van der Waals surface area (Å²) in [4.78, 5) is 27.8. The molecule has 0 heterocycles. The van der Waals surface area contributed by atoms with Crippen molar-refractivity contribution in [2.45, 2.75) is 39.7 Å².